The number of amides is 1. The minimum atomic E-state index is -0.418. The van der Waals surface area contributed by atoms with Gasteiger partial charge in [0.15, 0.2) is 5.16 Å². The van der Waals surface area contributed by atoms with Crippen LogP contribution in [0.3, 0.4) is 0 Å². The molecule has 1 aromatic heterocycles. The molecular formula is C20H20ClFN4OS. The second kappa shape index (κ2) is 9.21. The third-order valence-corrected chi connectivity index (χ3v) is 5.70. The summed E-state index contributed by atoms with van der Waals surface area (Å²) in [7, 11) is 3.51. The van der Waals surface area contributed by atoms with Crippen LogP contribution in [0.15, 0.2) is 53.7 Å². The number of thioether (sulfide) groups is 1. The first-order valence-electron chi connectivity index (χ1n) is 8.67. The average molecular weight is 419 g/mol. The molecule has 0 saturated heterocycles. The predicted octanol–water partition coefficient (Wildman–Crippen LogP) is 3.95. The molecule has 8 heteroatoms. The van der Waals surface area contributed by atoms with Crippen LogP contribution >= 0.6 is 23.4 Å². The Bertz CT molecular complexity index is 944. The van der Waals surface area contributed by atoms with Gasteiger partial charge < -0.3 is 9.47 Å². The summed E-state index contributed by atoms with van der Waals surface area (Å²) in [6.07, 6.45) is 0.671. The summed E-state index contributed by atoms with van der Waals surface area (Å²) in [6, 6.07) is 14.5. The highest BCUT2D eigenvalue weighted by Crippen LogP contribution is 2.22. The zero-order valence-corrected chi connectivity index (χ0v) is 17.2. The molecule has 0 saturated carbocycles. The van der Waals surface area contributed by atoms with Gasteiger partial charge in [-0.25, -0.2) is 4.39 Å². The summed E-state index contributed by atoms with van der Waals surface area (Å²) < 4.78 is 15.8. The molecule has 0 N–H and O–H groups in total. The van der Waals surface area contributed by atoms with E-state index in [4.69, 9.17) is 11.6 Å². The number of rotatable bonds is 7. The molecule has 3 rings (SSSR count). The molecule has 28 heavy (non-hydrogen) atoms. The summed E-state index contributed by atoms with van der Waals surface area (Å²) in [4.78, 5) is 13.9. The highest BCUT2D eigenvalue weighted by Gasteiger charge is 2.17. The van der Waals surface area contributed by atoms with Gasteiger partial charge in [0.05, 0.1) is 5.75 Å². The van der Waals surface area contributed by atoms with E-state index in [0.717, 1.165) is 11.4 Å². The molecule has 0 aliphatic carbocycles. The SMILES string of the molecule is CN(Cc1c(F)cccc1Cl)C(=O)CSc1nnc(Cc2ccccc2)n1C. The highest BCUT2D eigenvalue weighted by molar-refractivity contribution is 7.99. The lowest BCUT2D eigenvalue weighted by molar-refractivity contribution is -0.127. The first-order valence-corrected chi connectivity index (χ1v) is 10.0. The lowest BCUT2D eigenvalue weighted by Crippen LogP contribution is -2.28. The Morgan fingerprint density at radius 1 is 1.18 bits per heavy atom. The standard InChI is InChI=1S/C20H20ClFN4OS/c1-25(12-15-16(21)9-6-10-17(15)22)19(27)13-28-20-24-23-18(26(20)2)11-14-7-4-3-5-8-14/h3-10H,11-13H2,1-2H3. The third kappa shape index (κ3) is 4.91. The van der Waals surface area contributed by atoms with Crippen molar-refractivity contribution in [2.24, 2.45) is 7.05 Å². The molecule has 0 spiro atoms. The molecule has 0 aliphatic rings. The van der Waals surface area contributed by atoms with Crippen LogP contribution in [-0.4, -0.2) is 38.4 Å². The maximum atomic E-state index is 13.9. The number of halogens is 2. The predicted molar refractivity (Wildman–Crippen MR) is 109 cm³/mol. The molecule has 0 atom stereocenters. The van der Waals surface area contributed by atoms with E-state index in [2.05, 4.69) is 10.2 Å². The second-order valence-electron chi connectivity index (χ2n) is 6.36. The summed E-state index contributed by atoms with van der Waals surface area (Å²) in [5.41, 5.74) is 1.46. The van der Waals surface area contributed by atoms with Crippen molar-refractivity contribution in [3.8, 4) is 0 Å². The van der Waals surface area contributed by atoms with Crippen LogP contribution in [0.5, 0.6) is 0 Å². The highest BCUT2D eigenvalue weighted by atomic mass is 35.5. The minimum absolute atomic E-state index is 0.114. The van der Waals surface area contributed by atoms with Gasteiger partial charge in [-0.15, -0.1) is 10.2 Å². The fourth-order valence-corrected chi connectivity index (χ4v) is 3.74. The van der Waals surface area contributed by atoms with E-state index in [9.17, 15) is 9.18 Å². The fraction of sp³-hybridized carbons (Fsp3) is 0.250. The van der Waals surface area contributed by atoms with E-state index in [1.54, 1.807) is 19.2 Å². The zero-order valence-electron chi connectivity index (χ0n) is 15.6. The quantitative estimate of drug-likeness (QED) is 0.545. The molecule has 3 aromatic rings. The number of nitrogens with zero attached hydrogens (tertiary/aromatic N) is 4. The number of aromatic nitrogens is 3. The van der Waals surface area contributed by atoms with Crippen molar-refractivity contribution in [3.63, 3.8) is 0 Å². The second-order valence-corrected chi connectivity index (χ2v) is 7.71. The van der Waals surface area contributed by atoms with Crippen molar-refractivity contribution >= 4 is 29.3 Å². The van der Waals surface area contributed by atoms with Crippen molar-refractivity contribution in [2.75, 3.05) is 12.8 Å². The monoisotopic (exact) mass is 418 g/mol. The Kier molecular flexibility index (Phi) is 6.70. The van der Waals surface area contributed by atoms with Crippen LogP contribution < -0.4 is 0 Å². The molecule has 0 radical (unpaired) electrons. The van der Waals surface area contributed by atoms with E-state index >= 15 is 0 Å². The van der Waals surface area contributed by atoms with Gasteiger partial charge in [-0.1, -0.05) is 59.8 Å². The van der Waals surface area contributed by atoms with Crippen LogP contribution in [0.25, 0.3) is 0 Å². The summed E-state index contributed by atoms with van der Waals surface area (Å²) in [5, 5.41) is 9.38. The van der Waals surface area contributed by atoms with Gasteiger partial charge >= 0.3 is 0 Å². The van der Waals surface area contributed by atoms with Gasteiger partial charge in [-0.05, 0) is 17.7 Å². The van der Waals surface area contributed by atoms with Gasteiger partial charge in [0.25, 0.3) is 0 Å². The van der Waals surface area contributed by atoms with Crippen LogP contribution in [0.4, 0.5) is 4.39 Å². The molecular weight excluding hydrogens is 399 g/mol. The van der Waals surface area contributed by atoms with E-state index in [0.29, 0.717) is 22.2 Å². The summed E-state index contributed by atoms with van der Waals surface area (Å²) >= 11 is 7.34. The molecule has 146 valence electrons. The van der Waals surface area contributed by atoms with Crippen LogP contribution in [-0.2, 0) is 24.8 Å². The summed E-state index contributed by atoms with van der Waals surface area (Å²) in [6.45, 7) is 0.114. The average Bonchev–Trinajstić information content (AvgIpc) is 3.03. The van der Waals surface area contributed by atoms with Crippen molar-refractivity contribution in [3.05, 3.63) is 76.3 Å². The van der Waals surface area contributed by atoms with E-state index in [1.165, 1.54) is 22.7 Å². The van der Waals surface area contributed by atoms with Gasteiger partial charge in [0, 0.05) is 37.6 Å². The van der Waals surface area contributed by atoms with Crippen LogP contribution in [0.2, 0.25) is 5.02 Å². The van der Waals surface area contributed by atoms with Crippen LogP contribution in [0, 0.1) is 5.82 Å². The van der Waals surface area contributed by atoms with Crippen molar-refractivity contribution in [1.29, 1.82) is 0 Å². The Labute approximate surface area is 172 Å². The van der Waals surface area contributed by atoms with E-state index < -0.39 is 5.82 Å². The summed E-state index contributed by atoms with van der Waals surface area (Å²) in [5.74, 6) is 0.447. The van der Waals surface area contributed by atoms with Crippen molar-refractivity contribution in [2.45, 2.75) is 18.1 Å². The number of carbonyl (C=O) groups is 1. The topological polar surface area (TPSA) is 51.0 Å². The number of benzene rings is 2. The van der Waals surface area contributed by atoms with Gasteiger partial charge in [0.1, 0.15) is 11.6 Å². The lowest BCUT2D eigenvalue weighted by Gasteiger charge is -2.18. The zero-order chi connectivity index (χ0) is 20.1. The Hall–Kier alpha value is -2.38. The Morgan fingerprint density at radius 3 is 2.64 bits per heavy atom. The van der Waals surface area contributed by atoms with Crippen molar-refractivity contribution < 1.29 is 9.18 Å². The molecule has 0 fully saturated rings. The maximum absolute atomic E-state index is 13.9. The number of hydrogen-bond donors (Lipinski definition) is 0. The minimum Gasteiger partial charge on any atom is -0.341 e. The molecule has 2 aromatic carbocycles. The largest absolute Gasteiger partial charge is 0.341 e. The van der Waals surface area contributed by atoms with Gasteiger partial charge in [-0.3, -0.25) is 4.79 Å². The number of carbonyl (C=O) groups excluding carboxylic acids is 1. The Morgan fingerprint density at radius 2 is 1.93 bits per heavy atom. The molecule has 1 heterocycles. The first kappa shape index (κ1) is 20.4. The maximum Gasteiger partial charge on any atom is 0.233 e. The first-order chi connectivity index (χ1) is 13.5. The van der Waals surface area contributed by atoms with E-state index in [1.807, 2.05) is 41.9 Å². The van der Waals surface area contributed by atoms with Crippen LogP contribution in [0.1, 0.15) is 17.0 Å². The molecule has 1 amide bonds. The van der Waals surface area contributed by atoms with Crippen molar-refractivity contribution in [1.82, 2.24) is 19.7 Å². The third-order valence-electron chi connectivity index (χ3n) is 4.34. The van der Waals surface area contributed by atoms with Gasteiger partial charge in [0.2, 0.25) is 5.91 Å². The molecule has 0 bridgehead atoms. The number of hydrogen-bond acceptors (Lipinski definition) is 4. The molecule has 0 aliphatic heterocycles. The fourth-order valence-electron chi connectivity index (χ4n) is 2.65. The van der Waals surface area contributed by atoms with Gasteiger partial charge in [-0.2, -0.15) is 0 Å². The Balaban J connectivity index is 1.58. The normalized spacial score (nSPS) is 10.9. The van der Waals surface area contributed by atoms with E-state index in [-0.39, 0.29) is 18.2 Å². The lowest BCUT2D eigenvalue weighted by atomic mass is 10.1. The molecule has 5 nitrogen and oxygen atoms in total. The smallest absolute Gasteiger partial charge is 0.233 e. The molecule has 0 unspecified atom stereocenters.